The van der Waals surface area contributed by atoms with Crippen LogP contribution in [0.1, 0.15) is 5.56 Å². The Balaban J connectivity index is 2.55. The summed E-state index contributed by atoms with van der Waals surface area (Å²) in [5.74, 6) is 0. The Kier molecular flexibility index (Phi) is 4.15. The smallest absolute Gasteiger partial charge is 0.0833 e. The van der Waals surface area contributed by atoms with E-state index in [0.717, 1.165) is 5.56 Å². The zero-order valence-electron chi connectivity index (χ0n) is 7.35. The highest BCUT2D eigenvalue weighted by Crippen LogP contribution is 2.00. The average molecular weight is 179 g/mol. The predicted molar refractivity (Wildman–Crippen MR) is 51.8 cm³/mol. The second kappa shape index (κ2) is 5.45. The molecule has 0 unspecified atom stereocenters. The standard InChI is InChI=1S/C10H13NO2/c12-7-10(8-13)11-6-9-4-2-1-3-5-9/h1-5,12-13H,6-8H2. The molecule has 0 aliphatic heterocycles. The van der Waals surface area contributed by atoms with Crippen LogP contribution in [-0.4, -0.2) is 29.1 Å². The molecular weight excluding hydrogens is 166 g/mol. The van der Waals surface area contributed by atoms with Gasteiger partial charge in [-0.15, -0.1) is 0 Å². The van der Waals surface area contributed by atoms with Crippen molar-refractivity contribution in [3.8, 4) is 0 Å². The van der Waals surface area contributed by atoms with E-state index in [1.807, 2.05) is 30.3 Å². The second-order valence-electron chi connectivity index (χ2n) is 2.68. The summed E-state index contributed by atoms with van der Waals surface area (Å²) in [4.78, 5) is 4.05. The molecule has 13 heavy (non-hydrogen) atoms. The summed E-state index contributed by atoms with van der Waals surface area (Å²) in [6.45, 7) is 0.157. The third-order valence-corrected chi connectivity index (χ3v) is 1.69. The van der Waals surface area contributed by atoms with Gasteiger partial charge < -0.3 is 10.2 Å². The van der Waals surface area contributed by atoms with Gasteiger partial charge in [0, 0.05) is 0 Å². The molecule has 0 aromatic heterocycles. The van der Waals surface area contributed by atoms with Crippen LogP contribution in [-0.2, 0) is 6.54 Å². The first-order valence-corrected chi connectivity index (χ1v) is 4.14. The van der Waals surface area contributed by atoms with E-state index in [1.165, 1.54) is 0 Å². The van der Waals surface area contributed by atoms with Crippen molar-refractivity contribution in [1.29, 1.82) is 0 Å². The Bertz CT molecular complexity index is 264. The maximum Gasteiger partial charge on any atom is 0.0833 e. The van der Waals surface area contributed by atoms with Crippen molar-refractivity contribution in [3.63, 3.8) is 0 Å². The van der Waals surface area contributed by atoms with Crippen LogP contribution in [0.4, 0.5) is 0 Å². The molecule has 70 valence electrons. The van der Waals surface area contributed by atoms with Gasteiger partial charge in [-0.05, 0) is 5.56 Å². The summed E-state index contributed by atoms with van der Waals surface area (Å²) in [5, 5.41) is 17.4. The molecule has 0 amide bonds. The van der Waals surface area contributed by atoms with Crippen molar-refractivity contribution < 1.29 is 10.2 Å². The van der Waals surface area contributed by atoms with Crippen LogP contribution in [0.2, 0.25) is 0 Å². The van der Waals surface area contributed by atoms with Crippen molar-refractivity contribution in [3.05, 3.63) is 35.9 Å². The zero-order chi connectivity index (χ0) is 9.52. The van der Waals surface area contributed by atoms with Gasteiger partial charge >= 0.3 is 0 Å². The van der Waals surface area contributed by atoms with E-state index in [4.69, 9.17) is 10.2 Å². The third kappa shape index (κ3) is 3.36. The highest BCUT2D eigenvalue weighted by molar-refractivity contribution is 5.86. The molecule has 0 atom stereocenters. The number of nitrogens with zero attached hydrogens (tertiary/aromatic N) is 1. The van der Waals surface area contributed by atoms with Crippen molar-refractivity contribution in [1.82, 2.24) is 0 Å². The molecule has 2 N–H and O–H groups in total. The summed E-state index contributed by atoms with van der Waals surface area (Å²) in [6.07, 6.45) is 0. The Morgan fingerprint density at radius 3 is 2.23 bits per heavy atom. The second-order valence-corrected chi connectivity index (χ2v) is 2.68. The quantitative estimate of drug-likeness (QED) is 0.665. The summed E-state index contributed by atoms with van der Waals surface area (Å²) in [7, 11) is 0. The lowest BCUT2D eigenvalue weighted by atomic mass is 10.2. The maximum atomic E-state index is 8.71. The molecule has 1 aromatic carbocycles. The van der Waals surface area contributed by atoms with E-state index in [1.54, 1.807) is 0 Å². The van der Waals surface area contributed by atoms with E-state index < -0.39 is 0 Å². The molecule has 3 nitrogen and oxygen atoms in total. The fraction of sp³-hybridized carbons (Fsp3) is 0.300. The number of hydrogen-bond donors (Lipinski definition) is 2. The number of aliphatic hydroxyl groups excluding tert-OH is 2. The molecule has 0 spiro atoms. The number of aliphatic imine (C=N–C) groups is 1. The van der Waals surface area contributed by atoms with Crippen LogP contribution in [0.25, 0.3) is 0 Å². The summed E-state index contributed by atoms with van der Waals surface area (Å²) in [5.41, 5.74) is 1.49. The molecule has 0 heterocycles. The van der Waals surface area contributed by atoms with E-state index in [9.17, 15) is 0 Å². The van der Waals surface area contributed by atoms with Gasteiger partial charge in [-0.2, -0.15) is 0 Å². The van der Waals surface area contributed by atoms with Crippen LogP contribution in [0.5, 0.6) is 0 Å². The van der Waals surface area contributed by atoms with E-state index in [-0.39, 0.29) is 13.2 Å². The molecule has 0 saturated heterocycles. The minimum Gasteiger partial charge on any atom is -0.390 e. The lowest BCUT2D eigenvalue weighted by molar-refractivity contribution is 0.319. The fourth-order valence-corrected chi connectivity index (χ4v) is 0.937. The van der Waals surface area contributed by atoms with Gasteiger partial charge in [0.05, 0.1) is 25.5 Å². The first kappa shape index (κ1) is 9.89. The Morgan fingerprint density at radius 1 is 1.08 bits per heavy atom. The van der Waals surface area contributed by atoms with Crippen molar-refractivity contribution in [2.24, 2.45) is 4.99 Å². The maximum absolute atomic E-state index is 8.71. The van der Waals surface area contributed by atoms with Gasteiger partial charge in [0.1, 0.15) is 0 Å². The van der Waals surface area contributed by atoms with Crippen LogP contribution in [0.3, 0.4) is 0 Å². The molecule has 1 rings (SSSR count). The minimum absolute atomic E-state index is 0.177. The highest BCUT2D eigenvalue weighted by Gasteiger charge is 1.93. The number of benzene rings is 1. The largest absolute Gasteiger partial charge is 0.390 e. The Hall–Kier alpha value is -1.19. The molecule has 1 aromatic rings. The minimum atomic E-state index is -0.177. The van der Waals surface area contributed by atoms with Gasteiger partial charge in [-0.3, -0.25) is 4.99 Å². The van der Waals surface area contributed by atoms with Crippen molar-refractivity contribution in [2.75, 3.05) is 13.2 Å². The van der Waals surface area contributed by atoms with Gasteiger partial charge in [0.15, 0.2) is 0 Å². The number of aliphatic hydroxyl groups is 2. The Morgan fingerprint density at radius 2 is 1.69 bits per heavy atom. The van der Waals surface area contributed by atoms with E-state index >= 15 is 0 Å². The van der Waals surface area contributed by atoms with E-state index in [2.05, 4.69) is 4.99 Å². The van der Waals surface area contributed by atoms with Gasteiger partial charge in [-0.1, -0.05) is 30.3 Å². The summed E-state index contributed by atoms with van der Waals surface area (Å²) in [6, 6.07) is 9.71. The monoisotopic (exact) mass is 179 g/mol. The van der Waals surface area contributed by atoms with Gasteiger partial charge in [-0.25, -0.2) is 0 Å². The van der Waals surface area contributed by atoms with Crippen LogP contribution >= 0.6 is 0 Å². The van der Waals surface area contributed by atoms with E-state index in [0.29, 0.717) is 12.3 Å². The first-order valence-electron chi connectivity index (χ1n) is 4.14. The van der Waals surface area contributed by atoms with Crippen molar-refractivity contribution in [2.45, 2.75) is 6.54 Å². The molecule has 0 bridgehead atoms. The molecule has 0 aliphatic carbocycles. The molecule has 0 radical (unpaired) electrons. The molecule has 0 aliphatic rings. The molecule has 3 heteroatoms. The fourth-order valence-electron chi connectivity index (χ4n) is 0.937. The summed E-state index contributed by atoms with van der Waals surface area (Å²) >= 11 is 0. The molecule has 0 saturated carbocycles. The lowest BCUT2D eigenvalue weighted by Crippen LogP contribution is -2.09. The van der Waals surface area contributed by atoms with Crippen LogP contribution in [0.15, 0.2) is 35.3 Å². The molecular formula is C10H13NO2. The normalized spacial score (nSPS) is 9.69. The average Bonchev–Trinajstić information content (AvgIpc) is 2.21. The van der Waals surface area contributed by atoms with Crippen LogP contribution < -0.4 is 0 Å². The number of rotatable bonds is 4. The topological polar surface area (TPSA) is 52.8 Å². The molecule has 0 fully saturated rings. The van der Waals surface area contributed by atoms with Crippen LogP contribution in [0, 0.1) is 0 Å². The van der Waals surface area contributed by atoms with Gasteiger partial charge in [0.2, 0.25) is 0 Å². The summed E-state index contributed by atoms with van der Waals surface area (Å²) < 4.78 is 0. The SMILES string of the molecule is OCC(CO)=NCc1ccccc1. The lowest BCUT2D eigenvalue weighted by Gasteiger charge is -1.99. The highest BCUT2D eigenvalue weighted by atomic mass is 16.3. The third-order valence-electron chi connectivity index (χ3n) is 1.69. The van der Waals surface area contributed by atoms with Crippen molar-refractivity contribution >= 4 is 5.71 Å². The number of hydrogen-bond acceptors (Lipinski definition) is 3. The predicted octanol–water partition coefficient (Wildman–Crippen LogP) is 0.612. The zero-order valence-corrected chi connectivity index (χ0v) is 7.35. The first-order chi connectivity index (χ1) is 6.36. The van der Waals surface area contributed by atoms with Gasteiger partial charge in [0.25, 0.3) is 0 Å². The Labute approximate surface area is 77.4 Å².